The number of rotatable bonds is 9. The van der Waals surface area contributed by atoms with Crippen LogP contribution in [-0.4, -0.2) is 35.7 Å². The first-order valence-electron chi connectivity index (χ1n) is 9.08. The highest BCUT2D eigenvalue weighted by Crippen LogP contribution is 2.24. The van der Waals surface area contributed by atoms with E-state index in [0.29, 0.717) is 13.0 Å². The molecule has 0 aliphatic heterocycles. The zero-order valence-electron chi connectivity index (χ0n) is 15.5. The molecule has 144 valence electrons. The fourth-order valence-corrected chi connectivity index (χ4v) is 3.12. The second-order valence-corrected chi connectivity index (χ2v) is 6.51. The highest BCUT2D eigenvalue weighted by molar-refractivity contribution is 5.95. The van der Waals surface area contributed by atoms with Crippen LogP contribution in [0.2, 0.25) is 0 Å². The Morgan fingerprint density at radius 2 is 2.23 bits per heavy atom. The van der Waals surface area contributed by atoms with E-state index >= 15 is 0 Å². The molecule has 1 unspecified atom stereocenters. The van der Waals surface area contributed by atoms with Gasteiger partial charge < -0.3 is 15.4 Å². The molecule has 8 nitrogen and oxygen atoms in total. The van der Waals surface area contributed by atoms with Crippen LogP contribution in [0.5, 0.6) is 0 Å². The first-order chi connectivity index (χ1) is 12.5. The maximum atomic E-state index is 12.9. The lowest BCUT2D eigenvalue weighted by Gasteiger charge is -2.25. The molecule has 1 aliphatic rings. The summed E-state index contributed by atoms with van der Waals surface area (Å²) in [5.74, 6) is -0.00560. The Morgan fingerprint density at radius 3 is 2.85 bits per heavy atom. The summed E-state index contributed by atoms with van der Waals surface area (Å²) >= 11 is 0. The Hall–Kier alpha value is -2.35. The molecule has 1 aliphatic carbocycles. The molecule has 1 heterocycles. The van der Waals surface area contributed by atoms with Gasteiger partial charge in [-0.05, 0) is 25.2 Å². The molecule has 1 atom stereocenters. The quantitative estimate of drug-likeness (QED) is 0.641. The molecule has 8 heteroatoms. The van der Waals surface area contributed by atoms with Gasteiger partial charge >= 0.3 is 5.69 Å². The third-order valence-corrected chi connectivity index (χ3v) is 4.59. The van der Waals surface area contributed by atoms with Crippen molar-refractivity contribution in [1.82, 2.24) is 9.55 Å². The fraction of sp³-hybridized carbons (Fsp3) is 0.611. The van der Waals surface area contributed by atoms with E-state index in [9.17, 15) is 14.4 Å². The van der Waals surface area contributed by atoms with Gasteiger partial charge in [0.05, 0.1) is 6.61 Å². The van der Waals surface area contributed by atoms with E-state index in [1.807, 2.05) is 13.0 Å². The van der Waals surface area contributed by atoms with Gasteiger partial charge in [-0.15, -0.1) is 0 Å². The molecular formula is C18H28N4O4. The summed E-state index contributed by atoms with van der Waals surface area (Å²) in [5, 5.41) is 0. The average molecular weight is 364 g/mol. The van der Waals surface area contributed by atoms with E-state index in [2.05, 4.69) is 11.1 Å². The smallest absolute Gasteiger partial charge is 0.330 e. The number of methoxy groups -OCH3 is 1. The van der Waals surface area contributed by atoms with Crippen LogP contribution in [0.4, 0.5) is 11.5 Å². The number of unbranched alkanes of at least 4 members (excludes halogenated alkanes) is 1. The van der Waals surface area contributed by atoms with E-state index in [1.54, 1.807) is 0 Å². The largest absolute Gasteiger partial charge is 0.383 e. The molecule has 0 radical (unpaired) electrons. The summed E-state index contributed by atoms with van der Waals surface area (Å²) < 4.78 is 6.41. The maximum absolute atomic E-state index is 12.9. The number of carbonyl (C=O) groups excluding carboxylic acids is 1. The van der Waals surface area contributed by atoms with Crippen molar-refractivity contribution in [3.8, 4) is 0 Å². The lowest BCUT2D eigenvalue weighted by Crippen LogP contribution is -2.43. The first-order valence-corrected chi connectivity index (χ1v) is 9.08. The third kappa shape index (κ3) is 4.63. The highest BCUT2D eigenvalue weighted by atomic mass is 16.5. The number of carbonyl (C=O) groups is 1. The van der Waals surface area contributed by atoms with E-state index in [4.69, 9.17) is 10.5 Å². The molecule has 3 N–H and O–H groups in total. The maximum Gasteiger partial charge on any atom is 0.330 e. The standard InChI is InChI=1S/C18H28N4O4/c1-3-4-9-22-16(19)15(17(24)20-18(22)25)21(10-11-26-2)14(23)12-13-7-5-6-8-13/h5,7,13H,3-4,6,8-12,19H2,1-2H3,(H,20,24,25). The van der Waals surface area contributed by atoms with E-state index < -0.39 is 11.2 Å². The van der Waals surface area contributed by atoms with Gasteiger partial charge in [0.25, 0.3) is 5.56 Å². The molecule has 0 saturated heterocycles. The number of nitrogens with one attached hydrogen (secondary N) is 1. The van der Waals surface area contributed by atoms with Gasteiger partial charge in [-0.2, -0.15) is 0 Å². The lowest BCUT2D eigenvalue weighted by atomic mass is 10.0. The van der Waals surface area contributed by atoms with Crippen LogP contribution in [0.1, 0.15) is 39.0 Å². The SMILES string of the molecule is CCCCn1c(N)c(N(CCOC)C(=O)CC2C=CCC2)c(=O)[nH]c1=O. The number of allylic oxidation sites excluding steroid dienone is 2. The minimum Gasteiger partial charge on any atom is -0.383 e. The number of hydrogen-bond acceptors (Lipinski definition) is 5. The number of nitrogens with two attached hydrogens (primary N) is 1. The van der Waals surface area contributed by atoms with Crippen LogP contribution in [-0.2, 0) is 16.1 Å². The minimum atomic E-state index is -0.647. The predicted octanol–water partition coefficient (Wildman–Crippen LogP) is 1.25. The van der Waals surface area contributed by atoms with Crippen molar-refractivity contribution in [3.63, 3.8) is 0 Å². The highest BCUT2D eigenvalue weighted by Gasteiger charge is 2.26. The van der Waals surface area contributed by atoms with Crippen molar-refractivity contribution in [2.24, 2.45) is 5.92 Å². The summed E-state index contributed by atoms with van der Waals surface area (Å²) in [6.07, 6.45) is 7.89. The van der Waals surface area contributed by atoms with Gasteiger partial charge in [-0.1, -0.05) is 25.5 Å². The second-order valence-electron chi connectivity index (χ2n) is 6.51. The van der Waals surface area contributed by atoms with E-state index in [0.717, 1.165) is 25.7 Å². The fourth-order valence-electron chi connectivity index (χ4n) is 3.12. The van der Waals surface area contributed by atoms with Crippen LogP contribution in [0.15, 0.2) is 21.7 Å². The number of ether oxygens (including phenoxy) is 1. The van der Waals surface area contributed by atoms with Gasteiger partial charge in [0.2, 0.25) is 5.91 Å². The van der Waals surface area contributed by atoms with Gasteiger partial charge in [-0.25, -0.2) is 4.79 Å². The van der Waals surface area contributed by atoms with Gasteiger partial charge in [0, 0.05) is 26.6 Å². The summed E-state index contributed by atoms with van der Waals surface area (Å²) in [5.41, 5.74) is 4.97. The number of hydrogen-bond donors (Lipinski definition) is 2. The number of aromatic amines is 1. The van der Waals surface area contributed by atoms with E-state index in [1.165, 1.54) is 16.6 Å². The average Bonchev–Trinajstić information content (AvgIpc) is 3.10. The number of H-pyrrole nitrogens is 1. The van der Waals surface area contributed by atoms with E-state index in [-0.39, 0.29) is 36.5 Å². The van der Waals surface area contributed by atoms with Gasteiger partial charge in [0.1, 0.15) is 5.82 Å². The van der Waals surface area contributed by atoms with Gasteiger partial charge in [-0.3, -0.25) is 19.1 Å². The molecule has 0 spiro atoms. The number of aromatic nitrogens is 2. The molecule has 26 heavy (non-hydrogen) atoms. The summed E-state index contributed by atoms with van der Waals surface area (Å²) in [7, 11) is 1.53. The van der Waals surface area contributed by atoms with Crippen molar-refractivity contribution >= 4 is 17.4 Å². The Bertz CT molecular complexity index is 765. The zero-order chi connectivity index (χ0) is 19.1. The molecule has 0 fully saturated rings. The van der Waals surface area contributed by atoms with Crippen molar-refractivity contribution in [2.75, 3.05) is 30.9 Å². The number of nitrogens with zero attached hydrogens (tertiary/aromatic N) is 2. The van der Waals surface area contributed by atoms with Crippen molar-refractivity contribution in [3.05, 3.63) is 33.0 Å². The zero-order valence-corrected chi connectivity index (χ0v) is 15.5. The summed E-state index contributed by atoms with van der Waals surface area (Å²) in [4.78, 5) is 41.0. The molecule has 1 amide bonds. The molecule has 1 aromatic heterocycles. The van der Waals surface area contributed by atoms with Crippen LogP contribution < -0.4 is 21.9 Å². The van der Waals surface area contributed by atoms with Crippen LogP contribution in [0.3, 0.4) is 0 Å². The normalized spacial score (nSPS) is 16.2. The van der Waals surface area contributed by atoms with Crippen molar-refractivity contribution < 1.29 is 9.53 Å². The minimum absolute atomic E-state index is 0.0265. The van der Waals surface area contributed by atoms with Gasteiger partial charge in [0.15, 0.2) is 5.69 Å². The van der Waals surface area contributed by atoms with Crippen molar-refractivity contribution in [1.29, 1.82) is 0 Å². The topological polar surface area (TPSA) is 110 Å². The number of anilines is 2. The molecule has 1 aromatic rings. The third-order valence-electron chi connectivity index (χ3n) is 4.59. The Kier molecular flexibility index (Phi) is 7.20. The molecule has 0 aromatic carbocycles. The van der Waals surface area contributed by atoms with Crippen LogP contribution in [0.25, 0.3) is 0 Å². The lowest BCUT2D eigenvalue weighted by molar-refractivity contribution is -0.119. The monoisotopic (exact) mass is 364 g/mol. The number of amides is 1. The first kappa shape index (κ1) is 20.0. The van der Waals surface area contributed by atoms with Crippen molar-refractivity contribution in [2.45, 2.75) is 45.6 Å². The Balaban J connectivity index is 2.39. The number of nitrogen functional groups attached to an aromatic ring is 1. The molecule has 0 saturated carbocycles. The van der Waals surface area contributed by atoms with Crippen LogP contribution >= 0.6 is 0 Å². The predicted molar refractivity (Wildman–Crippen MR) is 101 cm³/mol. The Labute approximate surface area is 152 Å². The summed E-state index contributed by atoms with van der Waals surface area (Å²) in [6, 6.07) is 0. The Morgan fingerprint density at radius 1 is 1.46 bits per heavy atom. The summed E-state index contributed by atoms with van der Waals surface area (Å²) in [6.45, 7) is 2.85. The second kappa shape index (κ2) is 9.38. The molecule has 0 bridgehead atoms. The van der Waals surface area contributed by atoms with Crippen LogP contribution in [0, 0.1) is 5.92 Å². The molecule has 2 rings (SSSR count). The molecular weight excluding hydrogens is 336 g/mol.